The summed E-state index contributed by atoms with van der Waals surface area (Å²) in [4.78, 5) is 0. The van der Waals surface area contributed by atoms with E-state index in [-0.39, 0.29) is 5.54 Å². The Bertz CT molecular complexity index is 363. The van der Waals surface area contributed by atoms with Gasteiger partial charge in [-0.15, -0.1) is 0 Å². The average Bonchev–Trinajstić information content (AvgIpc) is 2.22. The van der Waals surface area contributed by atoms with Crippen molar-refractivity contribution < 1.29 is 13.2 Å². The predicted molar refractivity (Wildman–Crippen MR) is 67.7 cm³/mol. The van der Waals surface area contributed by atoms with Crippen LogP contribution in [0, 0.1) is 0 Å². The number of alkyl halides is 3. The molecule has 18 heavy (non-hydrogen) atoms. The monoisotopic (exact) mass is 260 g/mol. The number of benzene rings is 1. The first-order chi connectivity index (χ1) is 8.18. The van der Waals surface area contributed by atoms with Crippen LogP contribution in [0.3, 0.4) is 0 Å². The standard InChI is InChI=1S/C13H19F3N2/c1-12(2,3)18-9-8-17-11-6-4-10(5-7-11)13(14,15)16/h4-7,17-18H,8-9H2,1-3H3. The minimum Gasteiger partial charge on any atom is -0.384 e. The number of nitrogens with one attached hydrogen (secondary N) is 2. The Hall–Kier alpha value is -1.23. The molecule has 0 atom stereocenters. The van der Waals surface area contributed by atoms with Crippen molar-refractivity contribution >= 4 is 5.69 Å². The second-order valence-electron chi connectivity index (χ2n) is 5.18. The van der Waals surface area contributed by atoms with Crippen LogP contribution in [-0.4, -0.2) is 18.6 Å². The van der Waals surface area contributed by atoms with E-state index >= 15 is 0 Å². The molecule has 0 saturated heterocycles. The van der Waals surface area contributed by atoms with Crippen molar-refractivity contribution in [1.29, 1.82) is 0 Å². The first kappa shape index (κ1) is 14.8. The van der Waals surface area contributed by atoms with Crippen LogP contribution in [0.2, 0.25) is 0 Å². The van der Waals surface area contributed by atoms with Gasteiger partial charge in [0.25, 0.3) is 0 Å². The van der Waals surface area contributed by atoms with Crippen LogP contribution in [-0.2, 0) is 6.18 Å². The summed E-state index contributed by atoms with van der Waals surface area (Å²) in [6.07, 6.45) is -4.27. The molecule has 2 nitrogen and oxygen atoms in total. The Labute approximate surface area is 106 Å². The van der Waals surface area contributed by atoms with Crippen molar-refractivity contribution in [3.63, 3.8) is 0 Å². The molecule has 0 unspecified atom stereocenters. The summed E-state index contributed by atoms with van der Waals surface area (Å²) in [6, 6.07) is 5.05. The van der Waals surface area contributed by atoms with Gasteiger partial charge < -0.3 is 10.6 Å². The van der Waals surface area contributed by atoms with Crippen molar-refractivity contribution in [2.75, 3.05) is 18.4 Å². The van der Waals surface area contributed by atoms with E-state index in [0.29, 0.717) is 12.2 Å². The Morgan fingerprint density at radius 3 is 1.94 bits per heavy atom. The molecule has 0 saturated carbocycles. The van der Waals surface area contributed by atoms with Crippen LogP contribution in [0.4, 0.5) is 18.9 Å². The average molecular weight is 260 g/mol. The second kappa shape index (κ2) is 5.61. The van der Waals surface area contributed by atoms with Crippen LogP contribution in [0.1, 0.15) is 26.3 Å². The quantitative estimate of drug-likeness (QED) is 0.810. The van der Waals surface area contributed by atoms with E-state index in [0.717, 1.165) is 18.7 Å². The molecule has 0 aliphatic carbocycles. The molecule has 0 aromatic heterocycles. The third-order valence-electron chi connectivity index (χ3n) is 2.32. The van der Waals surface area contributed by atoms with Gasteiger partial charge in [0, 0.05) is 24.3 Å². The Morgan fingerprint density at radius 1 is 0.944 bits per heavy atom. The van der Waals surface area contributed by atoms with Gasteiger partial charge in [-0.3, -0.25) is 0 Å². The fraction of sp³-hybridized carbons (Fsp3) is 0.538. The van der Waals surface area contributed by atoms with Gasteiger partial charge in [-0.2, -0.15) is 13.2 Å². The molecular weight excluding hydrogens is 241 g/mol. The van der Waals surface area contributed by atoms with E-state index in [1.807, 2.05) is 0 Å². The highest BCUT2D eigenvalue weighted by Crippen LogP contribution is 2.29. The van der Waals surface area contributed by atoms with E-state index < -0.39 is 11.7 Å². The van der Waals surface area contributed by atoms with Gasteiger partial charge in [0.15, 0.2) is 0 Å². The van der Waals surface area contributed by atoms with Crippen LogP contribution in [0.15, 0.2) is 24.3 Å². The summed E-state index contributed by atoms with van der Waals surface area (Å²) in [7, 11) is 0. The van der Waals surface area contributed by atoms with Crippen LogP contribution in [0.25, 0.3) is 0 Å². The molecule has 0 spiro atoms. The summed E-state index contributed by atoms with van der Waals surface area (Å²) in [5, 5.41) is 6.35. The molecule has 0 heterocycles. The lowest BCUT2D eigenvalue weighted by atomic mass is 10.1. The molecule has 2 N–H and O–H groups in total. The zero-order chi connectivity index (χ0) is 13.8. The number of halogens is 3. The molecule has 5 heteroatoms. The summed E-state index contributed by atoms with van der Waals surface area (Å²) in [5.41, 5.74) is 0.113. The summed E-state index contributed by atoms with van der Waals surface area (Å²) in [6.45, 7) is 7.61. The van der Waals surface area contributed by atoms with Crippen molar-refractivity contribution in [2.24, 2.45) is 0 Å². The number of hydrogen-bond acceptors (Lipinski definition) is 2. The lowest BCUT2D eigenvalue weighted by Gasteiger charge is -2.20. The largest absolute Gasteiger partial charge is 0.416 e. The first-order valence-corrected chi connectivity index (χ1v) is 5.85. The minimum absolute atomic E-state index is 0.0435. The van der Waals surface area contributed by atoms with Crippen molar-refractivity contribution in [3.05, 3.63) is 29.8 Å². The first-order valence-electron chi connectivity index (χ1n) is 5.85. The maximum atomic E-state index is 12.3. The second-order valence-corrected chi connectivity index (χ2v) is 5.18. The highest BCUT2D eigenvalue weighted by Gasteiger charge is 2.29. The Morgan fingerprint density at radius 2 is 1.50 bits per heavy atom. The molecular formula is C13H19F3N2. The smallest absolute Gasteiger partial charge is 0.384 e. The molecule has 1 rings (SSSR count). The normalized spacial score (nSPS) is 12.6. The zero-order valence-electron chi connectivity index (χ0n) is 10.9. The van der Waals surface area contributed by atoms with Crippen molar-refractivity contribution in [3.8, 4) is 0 Å². The third kappa shape index (κ3) is 5.40. The summed E-state index contributed by atoms with van der Waals surface area (Å²) < 4.78 is 37.0. The van der Waals surface area contributed by atoms with Gasteiger partial charge >= 0.3 is 6.18 Å². The number of rotatable bonds is 4. The molecule has 0 radical (unpaired) electrons. The lowest BCUT2D eigenvalue weighted by Crippen LogP contribution is -2.38. The fourth-order valence-electron chi connectivity index (χ4n) is 1.42. The van der Waals surface area contributed by atoms with Gasteiger partial charge in [-0.05, 0) is 45.0 Å². The number of anilines is 1. The molecule has 0 amide bonds. The summed E-state index contributed by atoms with van der Waals surface area (Å²) >= 11 is 0. The molecule has 1 aromatic rings. The number of hydrogen-bond donors (Lipinski definition) is 2. The van der Waals surface area contributed by atoms with E-state index in [4.69, 9.17) is 0 Å². The Balaban J connectivity index is 2.41. The molecule has 1 aromatic carbocycles. The van der Waals surface area contributed by atoms with Crippen LogP contribution in [0.5, 0.6) is 0 Å². The van der Waals surface area contributed by atoms with E-state index in [1.165, 1.54) is 12.1 Å². The van der Waals surface area contributed by atoms with Gasteiger partial charge in [0.2, 0.25) is 0 Å². The van der Waals surface area contributed by atoms with Gasteiger partial charge in [0.05, 0.1) is 5.56 Å². The third-order valence-corrected chi connectivity index (χ3v) is 2.32. The Kier molecular flexibility index (Phi) is 4.62. The van der Waals surface area contributed by atoms with Crippen molar-refractivity contribution in [2.45, 2.75) is 32.5 Å². The molecule has 0 aliphatic rings. The highest BCUT2D eigenvalue weighted by atomic mass is 19.4. The van der Waals surface area contributed by atoms with E-state index in [2.05, 4.69) is 31.4 Å². The molecule has 0 aliphatic heterocycles. The SMILES string of the molecule is CC(C)(C)NCCNc1ccc(C(F)(F)F)cc1. The van der Waals surface area contributed by atoms with Crippen molar-refractivity contribution in [1.82, 2.24) is 5.32 Å². The maximum absolute atomic E-state index is 12.3. The molecule has 0 fully saturated rings. The van der Waals surface area contributed by atoms with Gasteiger partial charge in [-0.1, -0.05) is 0 Å². The lowest BCUT2D eigenvalue weighted by molar-refractivity contribution is -0.137. The predicted octanol–water partition coefficient (Wildman–Crippen LogP) is 3.51. The maximum Gasteiger partial charge on any atom is 0.416 e. The fourth-order valence-corrected chi connectivity index (χ4v) is 1.42. The molecule has 0 bridgehead atoms. The van der Waals surface area contributed by atoms with Crippen LogP contribution >= 0.6 is 0 Å². The zero-order valence-corrected chi connectivity index (χ0v) is 10.9. The molecule has 102 valence electrons. The highest BCUT2D eigenvalue weighted by molar-refractivity contribution is 5.45. The van der Waals surface area contributed by atoms with Crippen LogP contribution < -0.4 is 10.6 Å². The van der Waals surface area contributed by atoms with E-state index in [1.54, 1.807) is 0 Å². The van der Waals surface area contributed by atoms with E-state index in [9.17, 15) is 13.2 Å². The minimum atomic E-state index is -4.27. The van der Waals surface area contributed by atoms with Gasteiger partial charge in [0.1, 0.15) is 0 Å². The van der Waals surface area contributed by atoms with Gasteiger partial charge in [-0.25, -0.2) is 0 Å². The summed E-state index contributed by atoms with van der Waals surface area (Å²) in [5.74, 6) is 0. The topological polar surface area (TPSA) is 24.1 Å².